The van der Waals surface area contributed by atoms with Crippen LogP contribution in [0.2, 0.25) is 0 Å². The van der Waals surface area contributed by atoms with E-state index in [4.69, 9.17) is 5.84 Å². The van der Waals surface area contributed by atoms with Crippen LogP contribution < -0.4 is 5.84 Å². The second-order valence-electron chi connectivity index (χ2n) is 5.02. The fourth-order valence-corrected chi connectivity index (χ4v) is 4.64. The van der Waals surface area contributed by atoms with Gasteiger partial charge >= 0.3 is 6.18 Å². The molecule has 0 spiro atoms. The lowest BCUT2D eigenvalue weighted by molar-refractivity contribution is -0.146. The molecule has 0 bridgehead atoms. The average molecular weight is 373 g/mol. The van der Waals surface area contributed by atoms with Crippen LogP contribution in [0.25, 0.3) is 0 Å². The Morgan fingerprint density at radius 1 is 1.48 bits per heavy atom. The quantitative estimate of drug-likeness (QED) is 0.572. The lowest BCUT2D eigenvalue weighted by Crippen LogP contribution is -2.38. The number of hydrogen-bond donors (Lipinski definition) is 1. The van der Waals surface area contributed by atoms with E-state index in [1.54, 1.807) is 0 Å². The van der Waals surface area contributed by atoms with Crippen LogP contribution in [0.4, 0.5) is 13.2 Å². The van der Waals surface area contributed by atoms with Gasteiger partial charge in [0, 0.05) is 13.1 Å². The standard InChI is InChI=1S/C10H14F3N5O3S2/c1-17(6-2-3-23(20,21)5-6)7(19)4-22-9-16-15-8(18(9)14)10(11,12)13/h6H,2-5,14H2,1H3/t6-/m1/s1. The minimum atomic E-state index is -4.74. The van der Waals surface area contributed by atoms with E-state index in [1.165, 1.54) is 11.9 Å². The number of alkyl halides is 3. The van der Waals surface area contributed by atoms with Crippen LogP contribution in [-0.4, -0.2) is 64.4 Å². The fourth-order valence-electron chi connectivity index (χ4n) is 2.08. The summed E-state index contributed by atoms with van der Waals surface area (Å²) in [5.74, 6) is 3.17. The number of rotatable bonds is 4. The summed E-state index contributed by atoms with van der Waals surface area (Å²) in [6.07, 6.45) is -4.39. The van der Waals surface area contributed by atoms with Gasteiger partial charge in [0.2, 0.25) is 11.1 Å². The molecule has 130 valence electrons. The number of carbonyl (C=O) groups is 1. The van der Waals surface area contributed by atoms with E-state index in [0.29, 0.717) is 18.2 Å². The number of nitrogens with zero attached hydrogens (tertiary/aromatic N) is 4. The van der Waals surface area contributed by atoms with Gasteiger partial charge in [0.15, 0.2) is 9.84 Å². The van der Waals surface area contributed by atoms with Gasteiger partial charge in [0.05, 0.1) is 17.3 Å². The Hall–Kier alpha value is -1.50. The Labute approximate surface area is 134 Å². The molecule has 1 aromatic heterocycles. The van der Waals surface area contributed by atoms with Crippen molar-refractivity contribution in [2.24, 2.45) is 0 Å². The topological polar surface area (TPSA) is 111 Å². The van der Waals surface area contributed by atoms with Crippen LogP contribution in [0.5, 0.6) is 0 Å². The fraction of sp³-hybridized carbons (Fsp3) is 0.700. The molecule has 1 aromatic rings. The highest BCUT2D eigenvalue weighted by Crippen LogP contribution is 2.29. The van der Waals surface area contributed by atoms with E-state index in [0.717, 1.165) is 0 Å². The number of sulfone groups is 1. The van der Waals surface area contributed by atoms with Crippen LogP contribution in [0.3, 0.4) is 0 Å². The summed E-state index contributed by atoms with van der Waals surface area (Å²) in [7, 11) is -1.67. The zero-order valence-corrected chi connectivity index (χ0v) is 13.6. The van der Waals surface area contributed by atoms with Crippen molar-refractivity contribution in [1.82, 2.24) is 19.8 Å². The Bertz CT molecular complexity index is 703. The maximum Gasteiger partial charge on any atom is 0.453 e. The summed E-state index contributed by atoms with van der Waals surface area (Å²) < 4.78 is 60.6. The molecule has 1 saturated heterocycles. The third-order valence-corrected chi connectivity index (χ3v) is 6.07. The van der Waals surface area contributed by atoms with Crippen molar-refractivity contribution in [3.05, 3.63) is 5.82 Å². The molecule has 0 unspecified atom stereocenters. The second kappa shape index (κ2) is 6.19. The maximum absolute atomic E-state index is 12.5. The molecule has 2 N–H and O–H groups in total. The molecule has 23 heavy (non-hydrogen) atoms. The first-order chi connectivity index (χ1) is 10.5. The summed E-state index contributed by atoms with van der Waals surface area (Å²) in [5, 5.41) is 5.99. The van der Waals surface area contributed by atoms with E-state index < -0.39 is 33.8 Å². The predicted molar refractivity (Wildman–Crippen MR) is 75.7 cm³/mol. The number of nitrogens with two attached hydrogens (primary N) is 1. The molecule has 0 aromatic carbocycles. The van der Waals surface area contributed by atoms with Crippen LogP contribution in [0, 0.1) is 0 Å². The minimum Gasteiger partial charge on any atom is -0.341 e. The van der Waals surface area contributed by atoms with E-state index in [9.17, 15) is 26.4 Å². The van der Waals surface area contributed by atoms with Crippen molar-refractivity contribution < 1.29 is 26.4 Å². The molecule has 0 radical (unpaired) electrons. The van der Waals surface area contributed by atoms with E-state index in [2.05, 4.69) is 10.2 Å². The molecule has 2 rings (SSSR count). The van der Waals surface area contributed by atoms with Gasteiger partial charge in [0.25, 0.3) is 5.82 Å². The summed E-state index contributed by atoms with van der Waals surface area (Å²) in [5.41, 5.74) is 0. The van der Waals surface area contributed by atoms with Crippen molar-refractivity contribution in [3.63, 3.8) is 0 Å². The van der Waals surface area contributed by atoms with Crippen LogP contribution >= 0.6 is 11.8 Å². The molecule has 1 fully saturated rings. The van der Waals surface area contributed by atoms with Gasteiger partial charge in [-0.25, -0.2) is 13.1 Å². The monoisotopic (exact) mass is 373 g/mol. The summed E-state index contributed by atoms with van der Waals surface area (Å²) in [6, 6.07) is -0.422. The van der Waals surface area contributed by atoms with Gasteiger partial charge in [-0.2, -0.15) is 13.2 Å². The first-order valence-electron chi connectivity index (χ1n) is 6.38. The molecule has 0 aliphatic carbocycles. The summed E-state index contributed by atoms with van der Waals surface area (Å²) >= 11 is 0.703. The van der Waals surface area contributed by atoms with Gasteiger partial charge in [-0.1, -0.05) is 11.8 Å². The van der Waals surface area contributed by atoms with Crippen LogP contribution in [0.15, 0.2) is 5.16 Å². The first-order valence-corrected chi connectivity index (χ1v) is 9.18. The van der Waals surface area contributed by atoms with Gasteiger partial charge in [-0.3, -0.25) is 4.79 Å². The first kappa shape index (κ1) is 17.8. The molecule has 2 heterocycles. The summed E-state index contributed by atoms with van der Waals surface area (Å²) in [4.78, 5) is 13.3. The average Bonchev–Trinajstić information content (AvgIpc) is 2.97. The molecule has 1 amide bonds. The Kier molecular flexibility index (Phi) is 4.80. The lowest BCUT2D eigenvalue weighted by atomic mass is 10.2. The maximum atomic E-state index is 12.5. The molecule has 8 nitrogen and oxygen atoms in total. The number of amides is 1. The Morgan fingerprint density at radius 3 is 2.61 bits per heavy atom. The van der Waals surface area contributed by atoms with Crippen molar-refractivity contribution in [2.75, 3.05) is 30.1 Å². The van der Waals surface area contributed by atoms with Crippen LogP contribution in [-0.2, 0) is 20.8 Å². The molecular formula is C10H14F3N5O3S2. The Morgan fingerprint density at radius 2 is 2.13 bits per heavy atom. The lowest BCUT2D eigenvalue weighted by Gasteiger charge is -2.23. The largest absolute Gasteiger partial charge is 0.453 e. The minimum absolute atomic E-state index is 0.0223. The zero-order valence-electron chi connectivity index (χ0n) is 11.9. The highest BCUT2D eigenvalue weighted by Gasteiger charge is 2.38. The number of nitrogen functional groups attached to an aromatic ring is 1. The third-order valence-electron chi connectivity index (χ3n) is 3.39. The van der Waals surface area contributed by atoms with Crippen molar-refractivity contribution in [1.29, 1.82) is 0 Å². The molecular weight excluding hydrogens is 359 g/mol. The van der Waals surface area contributed by atoms with Crippen molar-refractivity contribution in [3.8, 4) is 0 Å². The molecule has 13 heteroatoms. The highest BCUT2D eigenvalue weighted by atomic mass is 32.2. The van der Waals surface area contributed by atoms with E-state index in [1.807, 2.05) is 0 Å². The smallest absolute Gasteiger partial charge is 0.341 e. The molecule has 1 aliphatic rings. The van der Waals surface area contributed by atoms with E-state index >= 15 is 0 Å². The van der Waals surface area contributed by atoms with Gasteiger partial charge in [-0.15, -0.1) is 10.2 Å². The molecule has 0 saturated carbocycles. The molecule has 1 atom stereocenters. The number of halogens is 3. The normalized spacial score (nSPS) is 20.6. The van der Waals surface area contributed by atoms with Crippen LogP contribution in [0.1, 0.15) is 12.2 Å². The van der Waals surface area contributed by atoms with Gasteiger partial charge < -0.3 is 10.7 Å². The second-order valence-corrected chi connectivity index (χ2v) is 8.20. The Balaban J connectivity index is 1.96. The van der Waals surface area contributed by atoms with Gasteiger partial charge in [0.1, 0.15) is 0 Å². The SMILES string of the molecule is CN(C(=O)CSc1nnc(C(F)(F)F)n1N)[C@@H]1CCS(=O)(=O)C1. The number of aromatic nitrogens is 3. The number of thioether (sulfide) groups is 1. The number of carbonyl (C=O) groups excluding carboxylic acids is 1. The predicted octanol–water partition coefficient (Wildman–Crippen LogP) is -0.252. The third kappa shape index (κ3) is 4.07. The molecule has 1 aliphatic heterocycles. The highest BCUT2D eigenvalue weighted by molar-refractivity contribution is 7.99. The summed E-state index contributed by atoms with van der Waals surface area (Å²) in [6.45, 7) is 0. The van der Waals surface area contributed by atoms with Crippen molar-refractivity contribution >= 4 is 27.5 Å². The van der Waals surface area contributed by atoms with Gasteiger partial charge in [-0.05, 0) is 6.42 Å². The van der Waals surface area contributed by atoms with Crippen molar-refractivity contribution in [2.45, 2.75) is 23.8 Å². The zero-order chi connectivity index (χ0) is 17.4. The van der Waals surface area contributed by atoms with E-state index in [-0.39, 0.29) is 27.1 Å². The number of hydrogen-bond acceptors (Lipinski definition) is 7.